The molecule has 2 unspecified atom stereocenters. The molecule has 90 valence electrons. The topological polar surface area (TPSA) is 29.1 Å². The van der Waals surface area contributed by atoms with Crippen LogP contribution in [0, 0.1) is 0 Å². The summed E-state index contributed by atoms with van der Waals surface area (Å²) in [5.74, 6) is 0.651. The minimum absolute atomic E-state index is 0.399. The van der Waals surface area contributed by atoms with Gasteiger partial charge in [-0.2, -0.15) is 0 Å². The molecule has 0 fully saturated rings. The zero-order chi connectivity index (χ0) is 12.0. The van der Waals surface area contributed by atoms with E-state index in [4.69, 9.17) is 11.6 Å². The van der Waals surface area contributed by atoms with Gasteiger partial charge in [-0.3, -0.25) is 4.21 Å². The van der Waals surface area contributed by atoms with Gasteiger partial charge in [0, 0.05) is 11.8 Å². The van der Waals surface area contributed by atoms with Gasteiger partial charge < -0.3 is 5.32 Å². The lowest BCUT2D eigenvalue weighted by Crippen LogP contribution is -2.27. The normalized spacial score (nSPS) is 14.7. The maximum atomic E-state index is 12.0. The second-order valence-electron chi connectivity index (χ2n) is 3.73. The van der Waals surface area contributed by atoms with E-state index in [1.54, 1.807) is 6.07 Å². The first-order valence-corrected chi connectivity index (χ1v) is 7.21. The van der Waals surface area contributed by atoms with Crippen molar-refractivity contribution in [2.24, 2.45) is 0 Å². The third-order valence-electron chi connectivity index (χ3n) is 2.37. The van der Waals surface area contributed by atoms with Crippen molar-refractivity contribution in [3.05, 3.63) is 29.3 Å². The Hall–Kier alpha value is -0.380. The molecule has 2 nitrogen and oxygen atoms in total. The number of hydrogen-bond acceptors (Lipinski definition) is 2. The Balaban J connectivity index is 2.50. The number of benzene rings is 1. The summed E-state index contributed by atoms with van der Waals surface area (Å²) in [6.45, 7) is 5.12. The van der Waals surface area contributed by atoms with Crippen molar-refractivity contribution in [1.82, 2.24) is 5.32 Å². The van der Waals surface area contributed by atoms with Crippen molar-refractivity contribution in [2.45, 2.75) is 31.2 Å². The van der Waals surface area contributed by atoms with Crippen LogP contribution in [0.25, 0.3) is 0 Å². The summed E-state index contributed by atoms with van der Waals surface area (Å²) in [5, 5.41) is 3.89. The summed E-state index contributed by atoms with van der Waals surface area (Å²) in [7, 11) is -0.991. The molecule has 1 aromatic carbocycles. The predicted octanol–water partition coefficient (Wildman–Crippen LogP) is 2.84. The largest absolute Gasteiger partial charge is 0.315 e. The van der Waals surface area contributed by atoms with E-state index in [-0.39, 0.29) is 0 Å². The quantitative estimate of drug-likeness (QED) is 0.851. The molecule has 0 saturated heterocycles. The van der Waals surface area contributed by atoms with E-state index in [2.05, 4.69) is 19.2 Å². The fourth-order valence-corrected chi connectivity index (χ4v) is 3.17. The molecule has 4 heteroatoms. The van der Waals surface area contributed by atoms with Gasteiger partial charge in [-0.25, -0.2) is 0 Å². The smallest absolute Gasteiger partial charge is 0.0574 e. The van der Waals surface area contributed by atoms with Crippen LogP contribution < -0.4 is 5.32 Å². The lowest BCUT2D eigenvalue weighted by molar-refractivity contribution is 0.553. The van der Waals surface area contributed by atoms with Crippen LogP contribution in [0.5, 0.6) is 0 Å². The molecule has 0 aromatic heterocycles. The second-order valence-corrected chi connectivity index (χ2v) is 5.67. The first-order valence-electron chi connectivity index (χ1n) is 5.51. The highest BCUT2D eigenvalue weighted by atomic mass is 35.5. The van der Waals surface area contributed by atoms with E-state index in [1.807, 2.05) is 18.2 Å². The molecule has 0 aliphatic heterocycles. The van der Waals surface area contributed by atoms with Gasteiger partial charge in [0.15, 0.2) is 0 Å². The molecule has 1 aromatic rings. The van der Waals surface area contributed by atoms with Crippen molar-refractivity contribution in [2.75, 3.05) is 12.3 Å². The van der Waals surface area contributed by atoms with Gasteiger partial charge in [0.25, 0.3) is 0 Å². The summed E-state index contributed by atoms with van der Waals surface area (Å²) >= 11 is 5.99. The molecular formula is C12H18ClNOS. The van der Waals surface area contributed by atoms with Crippen molar-refractivity contribution < 1.29 is 4.21 Å². The van der Waals surface area contributed by atoms with E-state index >= 15 is 0 Å². The van der Waals surface area contributed by atoms with Gasteiger partial charge in [0.1, 0.15) is 0 Å². The molecule has 0 heterocycles. The Morgan fingerprint density at radius 1 is 1.44 bits per heavy atom. The molecule has 0 amide bonds. The SMILES string of the molecule is CCNC(C)CCS(=O)c1ccccc1Cl. The second kappa shape index (κ2) is 7.05. The number of halogens is 1. The highest BCUT2D eigenvalue weighted by Gasteiger charge is 2.09. The van der Waals surface area contributed by atoms with Gasteiger partial charge >= 0.3 is 0 Å². The third-order valence-corrected chi connectivity index (χ3v) is 4.27. The van der Waals surface area contributed by atoms with Crippen molar-refractivity contribution in [3.8, 4) is 0 Å². The fourth-order valence-electron chi connectivity index (χ4n) is 1.47. The van der Waals surface area contributed by atoms with E-state index in [9.17, 15) is 4.21 Å². The highest BCUT2D eigenvalue weighted by Crippen LogP contribution is 2.19. The Kier molecular flexibility index (Phi) is 6.03. The number of nitrogens with one attached hydrogen (secondary N) is 1. The van der Waals surface area contributed by atoms with Crippen LogP contribution in [0.3, 0.4) is 0 Å². The minimum atomic E-state index is -0.991. The predicted molar refractivity (Wildman–Crippen MR) is 70.5 cm³/mol. The van der Waals surface area contributed by atoms with Gasteiger partial charge in [0.05, 0.1) is 20.7 Å². The molecule has 0 radical (unpaired) electrons. The maximum Gasteiger partial charge on any atom is 0.0574 e. The monoisotopic (exact) mass is 259 g/mol. The molecule has 0 aliphatic rings. The molecule has 16 heavy (non-hydrogen) atoms. The zero-order valence-electron chi connectivity index (χ0n) is 9.70. The number of hydrogen-bond donors (Lipinski definition) is 1. The molecule has 1 rings (SSSR count). The first kappa shape index (κ1) is 13.7. The van der Waals surface area contributed by atoms with Crippen LogP contribution in [-0.4, -0.2) is 22.5 Å². The van der Waals surface area contributed by atoms with Gasteiger partial charge in [-0.1, -0.05) is 30.7 Å². The fraction of sp³-hybridized carbons (Fsp3) is 0.500. The van der Waals surface area contributed by atoms with Gasteiger partial charge in [-0.15, -0.1) is 0 Å². The Bertz CT molecular complexity index is 357. The van der Waals surface area contributed by atoms with Gasteiger partial charge in [-0.05, 0) is 32.0 Å². The molecule has 1 N–H and O–H groups in total. The van der Waals surface area contributed by atoms with Crippen LogP contribution in [0.1, 0.15) is 20.3 Å². The molecule has 0 aliphatic carbocycles. The van der Waals surface area contributed by atoms with E-state index < -0.39 is 10.8 Å². The van der Waals surface area contributed by atoms with Crippen LogP contribution >= 0.6 is 11.6 Å². The van der Waals surface area contributed by atoms with E-state index in [1.165, 1.54) is 0 Å². The zero-order valence-corrected chi connectivity index (χ0v) is 11.3. The Morgan fingerprint density at radius 3 is 2.75 bits per heavy atom. The Morgan fingerprint density at radius 2 is 2.12 bits per heavy atom. The van der Waals surface area contributed by atoms with Crippen LogP contribution in [0.15, 0.2) is 29.2 Å². The standard InChI is InChI=1S/C12H18ClNOS/c1-3-14-10(2)8-9-16(15)12-7-5-4-6-11(12)13/h4-7,10,14H,3,8-9H2,1-2H3. The highest BCUT2D eigenvalue weighted by molar-refractivity contribution is 7.85. The molecule has 2 atom stereocenters. The van der Waals surface area contributed by atoms with E-state index in [0.29, 0.717) is 16.8 Å². The van der Waals surface area contributed by atoms with Crippen molar-refractivity contribution in [1.29, 1.82) is 0 Å². The first-order chi connectivity index (χ1) is 7.65. The molecule has 0 spiro atoms. The molecule has 0 bridgehead atoms. The average Bonchev–Trinajstić information content (AvgIpc) is 2.27. The van der Waals surface area contributed by atoms with Crippen molar-refractivity contribution >= 4 is 22.4 Å². The minimum Gasteiger partial charge on any atom is -0.315 e. The summed E-state index contributed by atoms with van der Waals surface area (Å²) in [6.07, 6.45) is 0.895. The third kappa shape index (κ3) is 4.24. The van der Waals surface area contributed by atoms with Crippen LogP contribution in [0.4, 0.5) is 0 Å². The summed E-state index contributed by atoms with van der Waals surface area (Å²) in [6, 6.07) is 7.73. The summed E-state index contributed by atoms with van der Waals surface area (Å²) in [4.78, 5) is 0.743. The summed E-state index contributed by atoms with van der Waals surface area (Å²) in [5.41, 5.74) is 0. The maximum absolute atomic E-state index is 12.0. The lowest BCUT2D eigenvalue weighted by Gasteiger charge is -2.11. The molecular weight excluding hydrogens is 242 g/mol. The van der Waals surface area contributed by atoms with E-state index in [0.717, 1.165) is 17.9 Å². The van der Waals surface area contributed by atoms with Crippen molar-refractivity contribution in [3.63, 3.8) is 0 Å². The lowest BCUT2D eigenvalue weighted by atomic mass is 10.3. The number of rotatable bonds is 6. The summed E-state index contributed by atoms with van der Waals surface area (Å²) < 4.78 is 12.0. The van der Waals surface area contributed by atoms with Crippen LogP contribution in [-0.2, 0) is 10.8 Å². The van der Waals surface area contributed by atoms with Gasteiger partial charge in [0.2, 0.25) is 0 Å². The average molecular weight is 260 g/mol. The molecule has 0 saturated carbocycles. The Labute approximate surface area is 105 Å². The van der Waals surface area contributed by atoms with Crippen LogP contribution in [0.2, 0.25) is 5.02 Å².